The fourth-order valence-corrected chi connectivity index (χ4v) is 5.18. The summed E-state index contributed by atoms with van der Waals surface area (Å²) < 4.78 is 5.42. The minimum absolute atomic E-state index is 0.284. The topological polar surface area (TPSA) is 49.2 Å². The van der Waals surface area contributed by atoms with E-state index in [2.05, 4.69) is 46.6 Å². The summed E-state index contributed by atoms with van der Waals surface area (Å²) in [5.74, 6) is 1.39. The summed E-state index contributed by atoms with van der Waals surface area (Å²) in [6, 6.07) is 16.9. The van der Waals surface area contributed by atoms with E-state index in [1.165, 1.54) is 22.4 Å². The molecule has 6 heteroatoms. The molecule has 2 aliphatic heterocycles. The Morgan fingerprint density at radius 2 is 1.81 bits per heavy atom. The summed E-state index contributed by atoms with van der Waals surface area (Å²) >= 11 is 6.57. The standard InChI is InChI=1S/C25H29ClN4O/c26-23-9-4-3-7-20(23)22-16-18-17-28-25(27-10-5-11-30-12-14-31-15-13-30)29-24(18)21-8-2-1-6-19(21)22/h1-4,6-9,18,22H,5,10-17H2,(H,27,28). The van der Waals surface area contributed by atoms with E-state index >= 15 is 0 Å². The number of aliphatic imine (C=N–C) groups is 2. The second-order valence-electron chi connectivity index (χ2n) is 8.49. The lowest BCUT2D eigenvalue weighted by molar-refractivity contribution is 0.0376. The predicted molar refractivity (Wildman–Crippen MR) is 127 cm³/mol. The van der Waals surface area contributed by atoms with Crippen LogP contribution >= 0.6 is 11.6 Å². The van der Waals surface area contributed by atoms with Crippen molar-refractivity contribution in [2.75, 3.05) is 45.9 Å². The second-order valence-corrected chi connectivity index (χ2v) is 8.90. The number of rotatable bonds is 5. The largest absolute Gasteiger partial charge is 0.379 e. The van der Waals surface area contributed by atoms with Crippen molar-refractivity contribution in [2.45, 2.75) is 18.8 Å². The molecular formula is C25H29ClN4O. The third-order valence-electron chi connectivity index (χ3n) is 6.53. The average Bonchev–Trinajstić information content (AvgIpc) is 2.82. The Labute approximate surface area is 189 Å². The first-order valence-electron chi connectivity index (χ1n) is 11.3. The zero-order valence-electron chi connectivity index (χ0n) is 17.8. The summed E-state index contributed by atoms with van der Waals surface area (Å²) in [5, 5.41) is 4.30. The summed E-state index contributed by atoms with van der Waals surface area (Å²) in [6.07, 6.45) is 2.08. The highest BCUT2D eigenvalue weighted by Crippen LogP contribution is 2.42. The minimum Gasteiger partial charge on any atom is -0.379 e. The molecule has 0 radical (unpaired) electrons. The number of guanidine groups is 1. The van der Waals surface area contributed by atoms with Gasteiger partial charge in [-0.2, -0.15) is 0 Å². The molecule has 2 aromatic rings. The quantitative estimate of drug-likeness (QED) is 0.721. The van der Waals surface area contributed by atoms with Gasteiger partial charge in [0.2, 0.25) is 5.96 Å². The molecule has 31 heavy (non-hydrogen) atoms. The van der Waals surface area contributed by atoms with Crippen molar-refractivity contribution in [1.82, 2.24) is 10.2 Å². The average molecular weight is 437 g/mol. The maximum Gasteiger partial charge on any atom is 0.218 e. The Kier molecular flexibility index (Phi) is 6.35. The zero-order chi connectivity index (χ0) is 21.0. The Morgan fingerprint density at radius 1 is 1.03 bits per heavy atom. The van der Waals surface area contributed by atoms with Gasteiger partial charge in [-0.25, -0.2) is 4.99 Å². The molecule has 2 unspecified atom stereocenters. The van der Waals surface area contributed by atoms with E-state index in [-0.39, 0.29) is 5.92 Å². The van der Waals surface area contributed by atoms with Gasteiger partial charge in [-0.15, -0.1) is 0 Å². The van der Waals surface area contributed by atoms with Crippen molar-refractivity contribution < 1.29 is 4.74 Å². The number of halogens is 1. The van der Waals surface area contributed by atoms with Gasteiger partial charge in [-0.1, -0.05) is 54.1 Å². The first-order chi connectivity index (χ1) is 15.3. The van der Waals surface area contributed by atoms with Crippen LogP contribution in [0.3, 0.4) is 0 Å². The van der Waals surface area contributed by atoms with Gasteiger partial charge in [0.25, 0.3) is 0 Å². The van der Waals surface area contributed by atoms with E-state index < -0.39 is 0 Å². The number of morpholine rings is 1. The van der Waals surface area contributed by atoms with E-state index in [4.69, 9.17) is 26.3 Å². The van der Waals surface area contributed by atoms with E-state index in [1.807, 2.05) is 12.1 Å². The van der Waals surface area contributed by atoms with Gasteiger partial charge in [-0.05, 0) is 36.6 Å². The van der Waals surface area contributed by atoms with Gasteiger partial charge in [0.05, 0.1) is 25.5 Å². The first kappa shape index (κ1) is 20.7. The maximum absolute atomic E-state index is 6.57. The van der Waals surface area contributed by atoms with Crippen molar-refractivity contribution in [2.24, 2.45) is 15.9 Å². The number of nitrogens with zero attached hydrogens (tertiary/aromatic N) is 3. The SMILES string of the molecule is Clc1ccccc1C1CC2CN=C(NCCCN3CCOCC3)N=C2c2ccccc21. The van der Waals surface area contributed by atoms with Crippen LogP contribution in [0.15, 0.2) is 58.5 Å². The summed E-state index contributed by atoms with van der Waals surface area (Å²) in [5.41, 5.74) is 4.93. The molecule has 5 nitrogen and oxygen atoms in total. The molecule has 0 saturated carbocycles. The molecule has 1 aliphatic carbocycles. The van der Waals surface area contributed by atoms with Gasteiger partial charge < -0.3 is 10.1 Å². The van der Waals surface area contributed by atoms with E-state index in [0.29, 0.717) is 5.92 Å². The van der Waals surface area contributed by atoms with E-state index in [0.717, 1.165) is 69.8 Å². The highest BCUT2D eigenvalue weighted by molar-refractivity contribution is 6.31. The number of benzene rings is 2. The van der Waals surface area contributed by atoms with Crippen LogP contribution in [0.2, 0.25) is 5.02 Å². The van der Waals surface area contributed by atoms with Gasteiger partial charge in [-0.3, -0.25) is 9.89 Å². The second kappa shape index (κ2) is 9.51. The fraction of sp³-hybridized carbons (Fsp3) is 0.440. The molecule has 2 atom stereocenters. The van der Waals surface area contributed by atoms with Crippen molar-refractivity contribution >= 4 is 23.3 Å². The Morgan fingerprint density at radius 3 is 2.65 bits per heavy atom. The van der Waals surface area contributed by atoms with Gasteiger partial charge in [0.15, 0.2) is 0 Å². The van der Waals surface area contributed by atoms with Crippen molar-refractivity contribution in [3.05, 3.63) is 70.2 Å². The highest BCUT2D eigenvalue weighted by atomic mass is 35.5. The Hall–Kier alpha value is -2.21. The zero-order valence-corrected chi connectivity index (χ0v) is 18.5. The number of hydrogen-bond donors (Lipinski definition) is 1. The Bertz CT molecular complexity index is 983. The van der Waals surface area contributed by atoms with Crippen molar-refractivity contribution in [3.63, 3.8) is 0 Å². The van der Waals surface area contributed by atoms with Gasteiger partial charge in [0.1, 0.15) is 0 Å². The summed E-state index contributed by atoms with van der Waals surface area (Å²) in [6.45, 7) is 6.53. The van der Waals surface area contributed by atoms with Gasteiger partial charge >= 0.3 is 0 Å². The molecule has 0 spiro atoms. The normalized spacial score (nSPS) is 23.4. The maximum atomic E-state index is 6.57. The molecule has 2 aromatic carbocycles. The molecule has 5 rings (SSSR count). The molecule has 0 bridgehead atoms. The van der Waals surface area contributed by atoms with Crippen LogP contribution in [-0.4, -0.2) is 62.5 Å². The van der Waals surface area contributed by atoms with Gasteiger partial charge in [0, 0.05) is 42.1 Å². The minimum atomic E-state index is 0.284. The van der Waals surface area contributed by atoms with Crippen molar-refractivity contribution in [1.29, 1.82) is 0 Å². The number of fused-ring (bicyclic) bond motifs is 3. The van der Waals surface area contributed by atoms with Crippen LogP contribution in [0.1, 0.15) is 35.4 Å². The van der Waals surface area contributed by atoms with Crippen LogP contribution in [0, 0.1) is 5.92 Å². The fourth-order valence-electron chi connectivity index (χ4n) is 4.91. The van der Waals surface area contributed by atoms with Crippen LogP contribution in [0.4, 0.5) is 0 Å². The molecule has 162 valence electrons. The van der Waals surface area contributed by atoms with E-state index in [1.54, 1.807) is 0 Å². The molecule has 1 N–H and O–H groups in total. The van der Waals surface area contributed by atoms with Crippen LogP contribution in [0.5, 0.6) is 0 Å². The third-order valence-corrected chi connectivity index (χ3v) is 6.87. The van der Waals surface area contributed by atoms with Crippen LogP contribution in [0.25, 0.3) is 0 Å². The highest BCUT2D eigenvalue weighted by Gasteiger charge is 2.35. The molecular weight excluding hydrogens is 408 g/mol. The van der Waals surface area contributed by atoms with E-state index in [9.17, 15) is 0 Å². The summed E-state index contributed by atoms with van der Waals surface area (Å²) in [4.78, 5) is 12.2. The van der Waals surface area contributed by atoms with Crippen LogP contribution < -0.4 is 5.32 Å². The number of hydrogen-bond acceptors (Lipinski definition) is 5. The smallest absolute Gasteiger partial charge is 0.218 e. The molecule has 3 aliphatic rings. The van der Waals surface area contributed by atoms with Crippen LogP contribution in [-0.2, 0) is 4.74 Å². The Balaban J connectivity index is 1.29. The monoisotopic (exact) mass is 436 g/mol. The predicted octanol–water partition coefficient (Wildman–Crippen LogP) is 3.96. The lowest BCUT2D eigenvalue weighted by atomic mass is 9.72. The van der Waals surface area contributed by atoms with Crippen molar-refractivity contribution in [3.8, 4) is 0 Å². The molecule has 1 fully saturated rings. The molecule has 2 heterocycles. The molecule has 0 aromatic heterocycles. The third kappa shape index (κ3) is 4.54. The number of nitrogens with one attached hydrogen (secondary N) is 1. The first-order valence-corrected chi connectivity index (χ1v) is 11.7. The molecule has 1 saturated heterocycles. The molecule has 0 amide bonds. The lowest BCUT2D eigenvalue weighted by Crippen LogP contribution is -2.39. The lowest BCUT2D eigenvalue weighted by Gasteiger charge is -2.34. The summed E-state index contributed by atoms with van der Waals surface area (Å²) in [7, 11) is 0. The number of ether oxygens (including phenoxy) is 1.